The van der Waals surface area contributed by atoms with Crippen LogP contribution in [0, 0.1) is 0 Å². The summed E-state index contributed by atoms with van der Waals surface area (Å²) in [5.74, 6) is 1.44. The van der Waals surface area contributed by atoms with Gasteiger partial charge in [0.2, 0.25) is 5.95 Å². The van der Waals surface area contributed by atoms with E-state index in [-0.39, 0.29) is 17.3 Å². The average molecular weight is 528 g/mol. The number of pyridine rings is 1. The van der Waals surface area contributed by atoms with E-state index in [9.17, 15) is 4.79 Å². The molecule has 0 unspecified atom stereocenters. The van der Waals surface area contributed by atoms with Crippen molar-refractivity contribution in [3.63, 3.8) is 0 Å². The Morgan fingerprint density at radius 1 is 1.05 bits per heavy atom. The molecule has 3 aromatic heterocycles. The van der Waals surface area contributed by atoms with Gasteiger partial charge in [0, 0.05) is 35.7 Å². The van der Waals surface area contributed by atoms with Crippen molar-refractivity contribution >= 4 is 5.84 Å². The SMILES string of the molecule is CCCCc1nc(CC)n(-c2ncc(OCC)cn2)c(=O)c1Cc1ccc(-c2ccccc2C(N)=NO)nc1. The van der Waals surface area contributed by atoms with Crippen molar-refractivity contribution in [1.82, 2.24) is 24.5 Å². The molecule has 0 saturated carbocycles. The number of aryl methyl sites for hydroxylation is 2. The second kappa shape index (κ2) is 12.8. The van der Waals surface area contributed by atoms with Crippen LogP contribution < -0.4 is 16.0 Å². The topological polar surface area (TPSA) is 141 Å². The van der Waals surface area contributed by atoms with Crippen LogP contribution in [0.1, 0.15) is 61.8 Å². The van der Waals surface area contributed by atoms with Crippen LogP contribution >= 0.6 is 0 Å². The standard InChI is InChI=1S/C29H33N7O3/c1-4-7-12-25-23(28(37)36(26(5-2)34-25)29-32-17-20(18-33-29)39-6-3)15-19-13-14-24(31-16-19)21-10-8-9-11-22(21)27(30)35-38/h8-11,13-14,16-18,38H,4-7,12,15H2,1-3H3,(H2,30,35). The molecule has 1 aromatic carbocycles. The van der Waals surface area contributed by atoms with Crippen molar-refractivity contribution in [3.05, 3.63) is 93.6 Å². The lowest BCUT2D eigenvalue weighted by atomic mass is 10.00. The number of nitrogens with two attached hydrogens (primary N) is 1. The van der Waals surface area contributed by atoms with Gasteiger partial charge < -0.3 is 15.7 Å². The van der Waals surface area contributed by atoms with Gasteiger partial charge in [0.1, 0.15) is 5.82 Å². The van der Waals surface area contributed by atoms with Gasteiger partial charge >= 0.3 is 0 Å². The molecule has 0 aliphatic heterocycles. The normalized spacial score (nSPS) is 11.5. The van der Waals surface area contributed by atoms with Gasteiger partial charge in [-0.1, -0.05) is 55.8 Å². The van der Waals surface area contributed by atoms with Gasteiger partial charge in [-0.05, 0) is 31.4 Å². The number of benzene rings is 1. The van der Waals surface area contributed by atoms with Crippen molar-refractivity contribution in [2.24, 2.45) is 10.9 Å². The largest absolute Gasteiger partial charge is 0.491 e. The Balaban J connectivity index is 1.74. The van der Waals surface area contributed by atoms with Crippen molar-refractivity contribution in [2.75, 3.05) is 6.61 Å². The quantitative estimate of drug-likeness (QED) is 0.129. The highest BCUT2D eigenvalue weighted by Gasteiger charge is 2.19. The molecule has 0 radical (unpaired) electrons. The Hall–Kier alpha value is -4.60. The van der Waals surface area contributed by atoms with E-state index in [0.29, 0.717) is 54.3 Å². The molecule has 10 heteroatoms. The molecule has 39 heavy (non-hydrogen) atoms. The molecule has 3 heterocycles. The monoisotopic (exact) mass is 527 g/mol. The number of hydrogen-bond acceptors (Lipinski definition) is 8. The minimum Gasteiger partial charge on any atom is -0.491 e. The summed E-state index contributed by atoms with van der Waals surface area (Å²) < 4.78 is 6.95. The average Bonchev–Trinajstić information content (AvgIpc) is 2.98. The lowest BCUT2D eigenvalue weighted by Gasteiger charge is -2.16. The zero-order valence-electron chi connectivity index (χ0n) is 22.5. The van der Waals surface area contributed by atoms with Gasteiger partial charge in [-0.25, -0.2) is 19.5 Å². The van der Waals surface area contributed by atoms with Gasteiger partial charge in [0.15, 0.2) is 11.6 Å². The Morgan fingerprint density at radius 3 is 2.46 bits per heavy atom. The van der Waals surface area contributed by atoms with Crippen LogP contribution in [0.4, 0.5) is 0 Å². The van der Waals surface area contributed by atoms with Crippen LogP contribution in [0.5, 0.6) is 5.75 Å². The fraction of sp³-hybridized carbons (Fsp3) is 0.310. The minimum atomic E-state index is -0.182. The molecular weight excluding hydrogens is 494 g/mol. The molecule has 0 amide bonds. The molecule has 0 aliphatic carbocycles. The fourth-order valence-electron chi connectivity index (χ4n) is 4.36. The lowest BCUT2D eigenvalue weighted by Crippen LogP contribution is -2.30. The van der Waals surface area contributed by atoms with Crippen LogP contribution in [0.15, 0.2) is 64.9 Å². The molecule has 0 atom stereocenters. The number of amidine groups is 1. The Morgan fingerprint density at radius 2 is 1.82 bits per heavy atom. The Labute approximate surface area is 227 Å². The van der Waals surface area contributed by atoms with Crippen LogP contribution in [0.25, 0.3) is 17.2 Å². The van der Waals surface area contributed by atoms with E-state index < -0.39 is 0 Å². The summed E-state index contributed by atoms with van der Waals surface area (Å²) in [7, 11) is 0. The minimum absolute atomic E-state index is 0.0104. The van der Waals surface area contributed by atoms with Crippen molar-refractivity contribution in [3.8, 4) is 23.0 Å². The number of nitrogens with zero attached hydrogens (tertiary/aromatic N) is 6. The van der Waals surface area contributed by atoms with Gasteiger partial charge in [0.05, 0.1) is 30.4 Å². The van der Waals surface area contributed by atoms with Gasteiger partial charge in [-0.15, -0.1) is 0 Å². The van der Waals surface area contributed by atoms with E-state index in [2.05, 4.69) is 27.0 Å². The summed E-state index contributed by atoms with van der Waals surface area (Å²) in [5, 5.41) is 12.3. The van der Waals surface area contributed by atoms with Gasteiger partial charge in [-0.3, -0.25) is 9.78 Å². The summed E-state index contributed by atoms with van der Waals surface area (Å²) >= 11 is 0. The van der Waals surface area contributed by atoms with Crippen molar-refractivity contribution in [1.29, 1.82) is 0 Å². The smallest absolute Gasteiger partial charge is 0.264 e. The molecule has 0 fully saturated rings. The zero-order chi connectivity index (χ0) is 27.8. The van der Waals surface area contributed by atoms with E-state index in [1.54, 1.807) is 24.7 Å². The summed E-state index contributed by atoms with van der Waals surface area (Å²) in [6, 6.07) is 11.1. The third-order valence-corrected chi connectivity index (χ3v) is 6.33. The molecule has 0 spiro atoms. The number of unbranched alkanes of at least 4 members (excludes halogenated alkanes) is 1. The number of rotatable bonds is 11. The molecule has 10 nitrogen and oxygen atoms in total. The number of oxime groups is 1. The maximum absolute atomic E-state index is 13.9. The Kier molecular flexibility index (Phi) is 8.98. The van der Waals surface area contributed by atoms with E-state index >= 15 is 0 Å². The highest BCUT2D eigenvalue weighted by Crippen LogP contribution is 2.23. The number of hydrogen-bond donors (Lipinski definition) is 2. The third-order valence-electron chi connectivity index (χ3n) is 6.33. The Bertz CT molecular complexity index is 1500. The van der Waals surface area contributed by atoms with Crippen LogP contribution in [0.3, 0.4) is 0 Å². The maximum Gasteiger partial charge on any atom is 0.264 e. The molecule has 202 valence electrons. The van der Waals surface area contributed by atoms with Crippen molar-refractivity contribution < 1.29 is 9.94 Å². The molecule has 0 aliphatic rings. The predicted octanol–water partition coefficient (Wildman–Crippen LogP) is 4.07. The molecule has 0 saturated heterocycles. The van der Waals surface area contributed by atoms with E-state index in [0.717, 1.165) is 29.7 Å². The van der Waals surface area contributed by atoms with Crippen LogP contribution in [-0.4, -0.2) is 42.2 Å². The first-order valence-corrected chi connectivity index (χ1v) is 13.1. The van der Waals surface area contributed by atoms with E-state index in [1.807, 2.05) is 44.2 Å². The first-order valence-electron chi connectivity index (χ1n) is 13.1. The summed E-state index contributed by atoms with van der Waals surface area (Å²) in [4.78, 5) is 32.2. The van der Waals surface area contributed by atoms with Gasteiger partial charge in [-0.2, -0.15) is 0 Å². The second-order valence-corrected chi connectivity index (χ2v) is 8.96. The van der Waals surface area contributed by atoms with E-state index in [4.69, 9.17) is 20.7 Å². The van der Waals surface area contributed by atoms with Crippen LogP contribution in [0.2, 0.25) is 0 Å². The number of aromatic nitrogens is 5. The highest BCUT2D eigenvalue weighted by molar-refractivity contribution is 6.02. The maximum atomic E-state index is 13.9. The summed E-state index contributed by atoms with van der Waals surface area (Å²) in [6.45, 7) is 6.47. The second-order valence-electron chi connectivity index (χ2n) is 8.96. The predicted molar refractivity (Wildman–Crippen MR) is 150 cm³/mol. The zero-order valence-corrected chi connectivity index (χ0v) is 22.5. The third kappa shape index (κ3) is 6.11. The summed E-state index contributed by atoms with van der Waals surface area (Å²) in [6.07, 6.45) is 8.42. The first-order chi connectivity index (χ1) is 19.0. The molecule has 0 bridgehead atoms. The fourth-order valence-corrected chi connectivity index (χ4v) is 4.36. The molecular formula is C29H33N7O3. The first kappa shape index (κ1) is 27.4. The lowest BCUT2D eigenvalue weighted by molar-refractivity contribution is 0.318. The van der Waals surface area contributed by atoms with E-state index in [1.165, 1.54) is 4.57 Å². The van der Waals surface area contributed by atoms with Crippen molar-refractivity contribution in [2.45, 2.75) is 52.9 Å². The van der Waals surface area contributed by atoms with Gasteiger partial charge in [0.25, 0.3) is 5.56 Å². The van der Waals surface area contributed by atoms with Crippen LogP contribution in [-0.2, 0) is 19.3 Å². The number of ether oxygens (including phenoxy) is 1. The molecule has 3 N–H and O–H groups in total. The highest BCUT2D eigenvalue weighted by atomic mass is 16.5. The summed E-state index contributed by atoms with van der Waals surface area (Å²) in [5.41, 5.74) is 9.93. The molecule has 4 aromatic rings. The molecule has 4 rings (SSSR count).